The predicted octanol–water partition coefficient (Wildman–Crippen LogP) is 1.63. The second-order valence-corrected chi connectivity index (χ2v) is 4.76. The highest BCUT2D eigenvalue weighted by Gasteiger charge is 2.23. The molecule has 1 aromatic carbocycles. The highest BCUT2D eigenvalue weighted by atomic mass is 16.6. The zero-order valence-electron chi connectivity index (χ0n) is 10.4. The van der Waals surface area contributed by atoms with Gasteiger partial charge in [-0.3, -0.25) is 0 Å². The number of carbonyl (C=O) groups is 2. The number of phenols is 1. The fourth-order valence-electron chi connectivity index (χ4n) is 1.32. The summed E-state index contributed by atoms with van der Waals surface area (Å²) in [6.45, 7) is 5.01. The topological polar surface area (TPSA) is 110 Å². The molecule has 0 aliphatic carbocycles. The van der Waals surface area contributed by atoms with Gasteiger partial charge in [0.15, 0.2) is 0 Å². The van der Waals surface area contributed by atoms with Gasteiger partial charge < -0.3 is 20.7 Å². The van der Waals surface area contributed by atoms with E-state index in [2.05, 4.69) is 0 Å². The number of rotatable bonds is 2. The van der Waals surface area contributed by atoms with Gasteiger partial charge in [0.05, 0.1) is 16.8 Å². The molecule has 0 fully saturated rings. The van der Waals surface area contributed by atoms with E-state index in [4.69, 9.17) is 15.6 Å². The van der Waals surface area contributed by atoms with Gasteiger partial charge in [0.25, 0.3) is 0 Å². The van der Waals surface area contributed by atoms with Crippen LogP contribution in [0.1, 0.15) is 41.5 Å². The summed E-state index contributed by atoms with van der Waals surface area (Å²) in [5.41, 5.74) is 4.11. The minimum Gasteiger partial charge on any atom is -0.508 e. The van der Waals surface area contributed by atoms with Crippen molar-refractivity contribution in [3.05, 3.63) is 23.3 Å². The van der Waals surface area contributed by atoms with Crippen LogP contribution in [-0.4, -0.2) is 27.8 Å². The smallest absolute Gasteiger partial charge is 0.340 e. The average Bonchev–Trinajstić information content (AvgIpc) is 2.17. The molecule has 1 aromatic rings. The molecule has 0 unspecified atom stereocenters. The number of carboxylic acids is 1. The molecule has 0 radical (unpaired) electrons. The highest BCUT2D eigenvalue weighted by Crippen LogP contribution is 2.26. The molecule has 0 heterocycles. The third-order valence-corrected chi connectivity index (χ3v) is 2.01. The Labute approximate surface area is 104 Å². The average molecular weight is 253 g/mol. The maximum Gasteiger partial charge on any atom is 0.340 e. The zero-order chi connectivity index (χ0) is 14.1. The van der Waals surface area contributed by atoms with Crippen LogP contribution in [0.25, 0.3) is 0 Å². The first-order valence-corrected chi connectivity index (χ1v) is 5.21. The van der Waals surface area contributed by atoms with Crippen LogP contribution in [0.5, 0.6) is 5.75 Å². The van der Waals surface area contributed by atoms with Gasteiger partial charge in [-0.25, -0.2) is 9.59 Å². The summed E-state index contributed by atoms with van der Waals surface area (Å²) >= 11 is 0. The number of benzene rings is 1. The molecule has 1 rings (SSSR count). The van der Waals surface area contributed by atoms with Crippen LogP contribution in [-0.2, 0) is 4.74 Å². The summed E-state index contributed by atoms with van der Waals surface area (Å²) in [7, 11) is 0. The Bertz CT molecular complexity index is 502. The SMILES string of the molecule is CC(C)(C)OC(=O)c1cc(O)cc(C(=O)O)c1N. The lowest BCUT2D eigenvalue weighted by atomic mass is 10.1. The van der Waals surface area contributed by atoms with Crippen molar-refractivity contribution in [1.29, 1.82) is 0 Å². The van der Waals surface area contributed by atoms with Crippen molar-refractivity contribution in [1.82, 2.24) is 0 Å². The van der Waals surface area contributed by atoms with Gasteiger partial charge in [0, 0.05) is 0 Å². The Morgan fingerprint density at radius 2 is 1.72 bits per heavy atom. The summed E-state index contributed by atoms with van der Waals surface area (Å²) in [6, 6.07) is 2.06. The zero-order valence-corrected chi connectivity index (χ0v) is 10.4. The molecular formula is C12H15NO5. The number of ether oxygens (including phenoxy) is 1. The Morgan fingerprint density at radius 3 is 2.17 bits per heavy atom. The number of aromatic carboxylic acids is 1. The van der Waals surface area contributed by atoms with Gasteiger partial charge in [-0.15, -0.1) is 0 Å². The van der Waals surface area contributed by atoms with E-state index >= 15 is 0 Å². The lowest BCUT2D eigenvalue weighted by Crippen LogP contribution is -2.24. The Balaban J connectivity index is 3.25. The molecule has 0 saturated heterocycles. The number of carbonyl (C=O) groups excluding carboxylic acids is 1. The molecular weight excluding hydrogens is 238 g/mol. The molecule has 18 heavy (non-hydrogen) atoms. The van der Waals surface area contributed by atoms with E-state index < -0.39 is 17.5 Å². The van der Waals surface area contributed by atoms with Gasteiger partial charge in [0.2, 0.25) is 0 Å². The van der Waals surface area contributed by atoms with E-state index in [9.17, 15) is 14.7 Å². The first-order chi connectivity index (χ1) is 8.11. The maximum atomic E-state index is 11.8. The van der Waals surface area contributed by atoms with E-state index in [-0.39, 0.29) is 22.6 Å². The van der Waals surface area contributed by atoms with Gasteiger partial charge in [0.1, 0.15) is 11.4 Å². The van der Waals surface area contributed by atoms with Crippen molar-refractivity contribution in [3.8, 4) is 5.75 Å². The second kappa shape index (κ2) is 4.56. The van der Waals surface area contributed by atoms with Crippen LogP contribution < -0.4 is 5.73 Å². The van der Waals surface area contributed by atoms with Gasteiger partial charge in [-0.05, 0) is 32.9 Å². The number of nitrogens with two attached hydrogens (primary N) is 1. The number of nitrogen functional groups attached to an aromatic ring is 1. The van der Waals surface area contributed by atoms with Crippen molar-refractivity contribution >= 4 is 17.6 Å². The standard InChI is InChI=1S/C12H15NO5/c1-12(2,3)18-11(17)8-5-6(14)4-7(9(8)13)10(15)16/h4-5,14H,13H2,1-3H3,(H,15,16). The van der Waals surface area contributed by atoms with Gasteiger partial charge in [-0.1, -0.05) is 0 Å². The number of anilines is 1. The summed E-state index contributed by atoms with van der Waals surface area (Å²) in [5, 5.41) is 18.3. The molecule has 0 aliphatic rings. The maximum absolute atomic E-state index is 11.8. The number of hydrogen-bond donors (Lipinski definition) is 3. The lowest BCUT2D eigenvalue weighted by Gasteiger charge is -2.20. The van der Waals surface area contributed by atoms with Crippen LogP contribution >= 0.6 is 0 Å². The van der Waals surface area contributed by atoms with Crippen LogP contribution in [0.4, 0.5) is 5.69 Å². The summed E-state index contributed by atoms with van der Waals surface area (Å²) in [6.07, 6.45) is 0. The van der Waals surface area contributed by atoms with E-state index in [1.54, 1.807) is 20.8 Å². The fourth-order valence-corrected chi connectivity index (χ4v) is 1.32. The second-order valence-electron chi connectivity index (χ2n) is 4.76. The summed E-state index contributed by atoms with van der Waals surface area (Å²) in [4.78, 5) is 22.7. The van der Waals surface area contributed by atoms with Crippen molar-refractivity contribution in [3.63, 3.8) is 0 Å². The number of aromatic hydroxyl groups is 1. The molecule has 0 aromatic heterocycles. The van der Waals surface area contributed by atoms with Crippen molar-refractivity contribution in [2.75, 3.05) is 5.73 Å². The molecule has 0 spiro atoms. The number of phenolic OH excluding ortho intramolecular Hbond substituents is 1. The largest absolute Gasteiger partial charge is 0.508 e. The van der Waals surface area contributed by atoms with Crippen LogP contribution in [0.15, 0.2) is 12.1 Å². The molecule has 6 heteroatoms. The molecule has 6 nitrogen and oxygen atoms in total. The third-order valence-electron chi connectivity index (χ3n) is 2.01. The molecule has 0 bridgehead atoms. The first-order valence-electron chi connectivity index (χ1n) is 5.21. The van der Waals surface area contributed by atoms with E-state index in [0.29, 0.717) is 0 Å². The van der Waals surface area contributed by atoms with E-state index in [1.165, 1.54) is 0 Å². The lowest BCUT2D eigenvalue weighted by molar-refractivity contribution is 0.00704. The fraction of sp³-hybridized carbons (Fsp3) is 0.333. The van der Waals surface area contributed by atoms with Gasteiger partial charge >= 0.3 is 11.9 Å². The minimum atomic E-state index is -1.33. The first kappa shape index (κ1) is 13.8. The van der Waals surface area contributed by atoms with Crippen LogP contribution in [0.3, 0.4) is 0 Å². The van der Waals surface area contributed by atoms with Crippen molar-refractivity contribution < 1.29 is 24.5 Å². The number of hydrogen-bond acceptors (Lipinski definition) is 5. The number of esters is 1. The van der Waals surface area contributed by atoms with Crippen LogP contribution in [0, 0.1) is 0 Å². The minimum absolute atomic E-state index is 0.165. The molecule has 98 valence electrons. The van der Waals surface area contributed by atoms with E-state index in [0.717, 1.165) is 12.1 Å². The Morgan fingerprint density at radius 1 is 1.22 bits per heavy atom. The van der Waals surface area contributed by atoms with E-state index in [1.807, 2.05) is 0 Å². The Kier molecular flexibility index (Phi) is 3.50. The van der Waals surface area contributed by atoms with Crippen LogP contribution in [0.2, 0.25) is 0 Å². The Hall–Kier alpha value is -2.24. The number of carboxylic acid groups (broad SMARTS) is 1. The summed E-state index contributed by atoms with van der Waals surface area (Å²) < 4.78 is 5.07. The quantitative estimate of drug-likeness (QED) is 0.419. The molecule has 0 amide bonds. The third kappa shape index (κ3) is 3.13. The molecule has 0 aliphatic heterocycles. The van der Waals surface area contributed by atoms with Crippen molar-refractivity contribution in [2.45, 2.75) is 26.4 Å². The molecule has 0 saturated carbocycles. The monoisotopic (exact) mass is 253 g/mol. The summed E-state index contributed by atoms with van der Waals surface area (Å²) in [5.74, 6) is -2.46. The molecule has 0 atom stereocenters. The van der Waals surface area contributed by atoms with Gasteiger partial charge in [-0.2, -0.15) is 0 Å². The van der Waals surface area contributed by atoms with Crippen molar-refractivity contribution in [2.24, 2.45) is 0 Å². The molecule has 4 N–H and O–H groups in total. The highest BCUT2D eigenvalue weighted by molar-refractivity contribution is 6.03. The normalized spacial score (nSPS) is 11.1. The predicted molar refractivity (Wildman–Crippen MR) is 64.6 cm³/mol.